The summed E-state index contributed by atoms with van der Waals surface area (Å²) >= 11 is 3.00. The molecule has 3 rings (SSSR count). The molecular weight excluding hydrogens is 356 g/mol. The summed E-state index contributed by atoms with van der Waals surface area (Å²) in [6, 6.07) is 0. The summed E-state index contributed by atoms with van der Waals surface area (Å²) in [4.78, 5) is 29.3. The molecule has 0 unspecified atom stereocenters. The predicted octanol–water partition coefficient (Wildman–Crippen LogP) is 3.89. The molecule has 0 amide bonds. The van der Waals surface area contributed by atoms with Crippen LogP contribution in [0.15, 0.2) is 5.38 Å². The van der Waals surface area contributed by atoms with Crippen molar-refractivity contribution in [3.05, 3.63) is 32.3 Å². The zero-order valence-corrected chi connectivity index (χ0v) is 16.5. The normalized spacial score (nSPS) is 11.1. The first-order valence-electron chi connectivity index (χ1n) is 7.97. The average molecular weight is 377 g/mol. The van der Waals surface area contributed by atoms with E-state index in [0.717, 1.165) is 32.3 Å². The molecule has 0 saturated heterocycles. The lowest BCUT2D eigenvalue weighted by Gasteiger charge is -2.18. The van der Waals surface area contributed by atoms with Crippen molar-refractivity contribution in [1.29, 1.82) is 0 Å². The fraction of sp³-hybridized carbons (Fsp3) is 0.412. The number of ether oxygens (including phenoxy) is 1. The highest BCUT2D eigenvalue weighted by Gasteiger charge is 2.22. The average Bonchev–Trinajstić information content (AvgIpc) is 3.10. The van der Waals surface area contributed by atoms with Crippen LogP contribution in [-0.4, -0.2) is 34.6 Å². The molecule has 3 heterocycles. The Labute approximate surface area is 154 Å². The molecule has 6 nitrogen and oxygen atoms in total. The van der Waals surface area contributed by atoms with Gasteiger partial charge in [0.25, 0.3) is 0 Å². The van der Waals surface area contributed by atoms with E-state index in [1.165, 1.54) is 11.3 Å². The lowest BCUT2D eigenvalue weighted by Crippen LogP contribution is -2.19. The van der Waals surface area contributed by atoms with Crippen LogP contribution in [0, 0.1) is 20.8 Å². The van der Waals surface area contributed by atoms with Crippen LogP contribution in [-0.2, 0) is 11.3 Å². The van der Waals surface area contributed by atoms with Gasteiger partial charge in [0, 0.05) is 12.4 Å². The first-order valence-corrected chi connectivity index (χ1v) is 9.67. The summed E-state index contributed by atoms with van der Waals surface area (Å²) in [6.45, 7) is 8.60. The molecule has 0 spiro atoms. The number of aromatic nitrogens is 3. The molecule has 0 bridgehead atoms. The number of aryl methyl sites for hydroxylation is 3. The van der Waals surface area contributed by atoms with E-state index in [1.807, 2.05) is 27.8 Å². The Balaban J connectivity index is 2.06. The van der Waals surface area contributed by atoms with Crippen LogP contribution >= 0.6 is 22.7 Å². The lowest BCUT2D eigenvalue weighted by atomic mass is 10.2. The highest BCUT2D eigenvalue weighted by atomic mass is 32.1. The highest BCUT2D eigenvalue weighted by Crippen LogP contribution is 2.36. The minimum atomic E-state index is -0.301. The molecule has 0 atom stereocenters. The van der Waals surface area contributed by atoms with Crippen LogP contribution in [0.2, 0.25) is 0 Å². The number of hydrogen-bond acceptors (Lipinski definition) is 8. The number of carbonyl (C=O) groups excluding carboxylic acids is 1. The van der Waals surface area contributed by atoms with Gasteiger partial charge in [-0.25, -0.2) is 19.7 Å². The third kappa shape index (κ3) is 3.50. The summed E-state index contributed by atoms with van der Waals surface area (Å²) in [6.07, 6.45) is 0. The second-order valence-electron chi connectivity index (χ2n) is 5.77. The Hall–Kier alpha value is -2.06. The Morgan fingerprint density at radius 1 is 1.24 bits per heavy atom. The maximum Gasteiger partial charge on any atom is 0.348 e. The van der Waals surface area contributed by atoms with Gasteiger partial charge in [-0.3, -0.25) is 0 Å². The third-order valence-corrected chi connectivity index (χ3v) is 5.76. The zero-order valence-electron chi connectivity index (χ0n) is 14.9. The Morgan fingerprint density at radius 2 is 2.00 bits per heavy atom. The zero-order chi connectivity index (χ0) is 18.1. The Kier molecular flexibility index (Phi) is 5.01. The van der Waals surface area contributed by atoms with E-state index in [9.17, 15) is 4.79 Å². The lowest BCUT2D eigenvalue weighted by molar-refractivity contribution is 0.0531. The van der Waals surface area contributed by atoms with Gasteiger partial charge in [0.1, 0.15) is 21.3 Å². The molecule has 0 aliphatic carbocycles. The van der Waals surface area contributed by atoms with E-state index in [1.54, 1.807) is 18.3 Å². The van der Waals surface area contributed by atoms with Gasteiger partial charge in [0.2, 0.25) is 0 Å². The molecule has 0 aromatic carbocycles. The number of carbonyl (C=O) groups is 1. The second kappa shape index (κ2) is 7.05. The van der Waals surface area contributed by atoms with Crippen molar-refractivity contribution in [2.75, 3.05) is 18.6 Å². The van der Waals surface area contributed by atoms with Crippen LogP contribution in [0.4, 0.5) is 5.82 Å². The number of fused-ring (bicyclic) bond motifs is 1. The monoisotopic (exact) mass is 376 g/mol. The van der Waals surface area contributed by atoms with E-state index in [-0.39, 0.29) is 5.97 Å². The summed E-state index contributed by atoms with van der Waals surface area (Å²) in [5.74, 6) is 1.20. The molecule has 132 valence electrons. The van der Waals surface area contributed by atoms with Crippen LogP contribution in [0.5, 0.6) is 0 Å². The quantitative estimate of drug-likeness (QED) is 0.629. The number of nitrogens with zero attached hydrogens (tertiary/aromatic N) is 4. The van der Waals surface area contributed by atoms with E-state index < -0.39 is 0 Å². The molecule has 8 heteroatoms. The van der Waals surface area contributed by atoms with Crippen molar-refractivity contribution in [1.82, 2.24) is 15.0 Å². The van der Waals surface area contributed by atoms with Crippen LogP contribution in [0.1, 0.15) is 38.7 Å². The van der Waals surface area contributed by atoms with Gasteiger partial charge in [-0.1, -0.05) is 0 Å². The number of thiazole rings is 1. The highest BCUT2D eigenvalue weighted by molar-refractivity contribution is 7.20. The van der Waals surface area contributed by atoms with E-state index in [0.29, 0.717) is 23.9 Å². The number of rotatable bonds is 5. The van der Waals surface area contributed by atoms with Crippen LogP contribution < -0.4 is 4.90 Å². The molecule has 0 radical (unpaired) electrons. The van der Waals surface area contributed by atoms with Gasteiger partial charge in [-0.15, -0.1) is 22.7 Å². The molecule has 3 aromatic rings. The number of thiophene rings is 1. The van der Waals surface area contributed by atoms with Crippen molar-refractivity contribution in [3.63, 3.8) is 0 Å². The summed E-state index contributed by atoms with van der Waals surface area (Å²) < 4.78 is 5.17. The predicted molar refractivity (Wildman–Crippen MR) is 102 cm³/mol. The van der Waals surface area contributed by atoms with Crippen molar-refractivity contribution >= 4 is 44.7 Å². The minimum Gasteiger partial charge on any atom is -0.462 e. The molecule has 0 saturated carbocycles. The first kappa shape index (κ1) is 17.8. The third-order valence-electron chi connectivity index (χ3n) is 3.77. The van der Waals surface area contributed by atoms with Crippen molar-refractivity contribution < 1.29 is 9.53 Å². The summed E-state index contributed by atoms with van der Waals surface area (Å²) in [5, 5.41) is 4.01. The summed E-state index contributed by atoms with van der Waals surface area (Å²) in [7, 11) is 1.98. The maximum absolute atomic E-state index is 12.2. The molecule has 0 fully saturated rings. The Bertz CT molecular complexity index is 932. The minimum absolute atomic E-state index is 0.301. The molecule has 0 aliphatic rings. The van der Waals surface area contributed by atoms with E-state index >= 15 is 0 Å². The largest absolute Gasteiger partial charge is 0.462 e. The first-order chi connectivity index (χ1) is 11.9. The van der Waals surface area contributed by atoms with Crippen molar-refractivity contribution in [3.8, 4) is 0 Å². The topological polar surface area (TPSA) is 68.2 Å². The number of anilines is 1. The molecular formula is C17H20N4O2S2. The van der Waals surface area contributed by atoms with E-state index in [4.69, 9.17) is 4.74 Å². The van der Waals surface area contributed by atoms with Crippen LogP contribution in [0.25, 0.3) is 10.2 Å². The van der Waals surface area contributed by atoms with Gasteiger partial charge in [-0.2, -0.15) is 0 Å². The van der Waals surface area contributed by atoms with Gasteiger partial charge in [-0.05, 0) is 33.3 Å². The van der Waals surface area contributed by atoms with Gasteiger partial charge >= 0.3 is 5.97 Å². The smallest absolute Gasteiger partial charge is 0.348 e. The fourth-order valence-corrected chi connectivity index (χ4v) is 4.41. The van der Waals surface area contributed by atoms with Crippen molar-refractivity contribution in [2.24, 2.45) is 0 Å². The SMILES string of the molecule is CCOC(=O)c1sc2nc(C)nc(N(C)Cc3csc(C)n3)c2c1C. The molecule has 25 heavy (non-hydrogen) atoms. The van der Waals surface area contributed by atoms with Gasteiger partial charge in [0.05, 0.1) is 29.2 Å². The van der Waals surface area contributed by atoms with Crippen LogP contribution in [0.3, 0.4) is 0 Å². The maximum atomic E-state index is 12.2. The van der Waals surface area contributed by atoms with Gasteiger partial charge < -0.3 is 9.64 Å². The molecule has 0 aliphatic heterocycles. The standard InChI is InChI=1S/C17H20N4O2S2/c1-6-23-17(22)14-9(2)13-15(18-10(3)19-16(13)25-14)21(5)7-12-8-24-11(4)20-12/h8H,6-7H2,1-5H3. The fourth-order valence-electron chi connectivity index (χ4n) is 2.69. The number of esters is 1. The number of hydrogen-bond donors (Lipinski definition) is 0. The van der Waals surface area contributed by atoms with E-state index in [2.05, 4.69) is 25.2 Å². The molecule has 0 N–H and O–H groups in total. The molecule has 3 aromatic heterocycles. The van der Waals surface area contributed by atoms with Crippen molar-refractivity contribution in [2.45, 2.75) is 34.2 Å². The Morgan fingerprint density at radius 3 is 2.64 bits per heavy atom. The summed E-state index contributed by atoms with van der Waals surface area (Å²) in [5.41, 5.74) is 1.88. The van der Waals surface area contributed by atoms with Gasteiger partial charge in [0.15, 0.2) is 0 Å². The second-order valence-corrected chi connectivity index (χ2v) is 7.83.